The van der Waals surface area contributed by atoms with Crippen LogP contribution in [-0.2, 0) is 87.0 Å². The molecule has 10 unspecified atom stereocenters. The van der Waals surface area contributed by atoms with Crippen molar-refractivity contribution in [2.24, 2.45) is 11.5 Å². The summed E-state index contributed by atoms with van der Waals surface area (Å²) in [6.45, 7) is -2.15. The van der Waals surface area contributed by atoms with E-state index in [0.29, 0.717) is 0 Å². The Labute approximate surface area is 576 Å². The summed E-state index contributed by atoms with van der Waals surface area (Å²) in [5.74, 6) is -2.27. The molecule has 6 rings (SSSR count). The number of carbonyl (C=O) groups excluding carboxylic acids is 3. The van der Waals surface area contributed by atoms with Crippen molar-refractivity contribution in [2.75, 3.05) is 64.1 Å². The van der Waals surface area contributed by atoms with Gasteiger partial charge in [0.1, 0.15) is 78.2 Å². The summed E-state index contributed by atoms with van der Waals surface area (Å²) in [5, 5.41) is 38.3. The molecule has 2 aliphatic rings. The zero-order valence-electron chi connectivity index (χ0n) is 45.5. The van der Waals surface area contributed by atoms with Gasteiger partial charge in [-0.3, -0.25) is 50.9 Å². The van der Waals surface area contributed by atoms with Crippen molar-refractivity contribution in [2.45, 2.75) is 75.6 Å². The molecule has 2 aliphatic heterocycles. The quantitative estimate of drug-likeness (QED) is 0.0104. The third-order valence-corrected chi connectivity index (χ3v) is 18.5. The Morgan fingerprint density at radius 3 is 1.38 bits per heavy atom. The molecule has 18 N–H and O–H groups in total. The van der Waals surface area contributed by atoms with Gasteiger partial charge in [-0.2, -0.15) is 0 Å². The minimum Gasteiger partial charge on any atom is -0.756 e. The van der Waals surface area contributed by atoms with Crippen LogP contribution in [0.1, 0.15) is 26.8 Å². The molecule has 0 aliphatic carbocycles. The van der Waals surface area contributed by atoms with Gasteiger partial charge in [-0.1, -0.05) is 31.9 Å². The fourth-order valence-corrected chi connectivity index (χ4v) is 13.4. The van der Waals surface area contributed by atoms with E-state index < -0.39 is 152 Å². The molecule has 3 amide bonds. The Kier molecular flexibility index (Phi) is 35.2. The number of anilines is 2. The summed E-state index contributed by atoms with van der Waals surface area (Å²) in [7, 11) is -36.1. The zero-order chi connectivity index (χ0) is 63.8. The van der Waals surface area contributed by atoms with Crippen molar-refractivity contribution in [1.29, 1.82) is 0 Å². The molecule has 56 heteroatoms. The standard InChI is InChI=1S/C18H31N8O16P3S.C14H24N7O14P3S.CH4.3Na/c1-7(27)10(19)15(30)22-3-2-21-9(28)5-38-13-12(29)8(4-39-44(34,35)42-45(36,37)41-43(31,32)33)40-17(13)26-6-23-11-14(26)24-18(20)25-16(11)46;15-1-2-17-7(22)4-31-10-9(23)6(3-32-37(27,28)35-38(29,30)34-36(24,25)26)33-13(10)21-5-18-8-11(21)19-14(16)20-12(8)39;;;;/h6-8,10,12-13,17,27,29H,2-5,19H2,1H3,(H,21,28)(H,22,30)(H,34,35)(H,36,37)(H2,31,32,33)(H3,20,24,25,46);5-6,9-10,13,23H,1-4,15H2,(H,17,22)(H,27,28)(H,29,30)(H2,24,25,26)(H3,16,19,20,39);1H4;;;/q;;;3*+1/p-6/t7?,8-,10?,12+,13?,17-;6-,9+,10?,13-;;;;/m11..../s1. The molecular weight excluding hydrogens is 1410 g/mol. The van der Waals surface area contributed by atoms with Crippen LogP contribution < -0.4 is 157 Å². The number of ether oxygens (including phenoxy) is 4. The van der Waals surface area contributed by atoms with Crippen LogP contribution in [0.2, 0.25) is 0 Å². The van der Waals surface area contributed by atoms with Crippen molar-refractivity contribution in [3.05, 3.63) is 21.9 Å². The number of hydrogen-bond acceptors (Lipinski definition) is 38. The van der Waals surface area contributed by atoms with Crippen molar-refractivity contribution in [3.63, 3.8) is 0 Å². The normalized spacial score (nSPS) is 24.5. The molecule has 488 valence electrons. The predicted molar refractivity (Wildman–Crippen MR) is 274 cm³/mol. The van der Waals surface area contributed by atoms with E-state index >= 15 is 0 Å². The van der Waals surface area contributed by atoms with Gasteiger partial charge in [0.15, 0.2) is 33.6 Å². The van der Waals surface area contributed by atoms with E-state index in [1.807, 2.05) is 0 Å². The number of aromatic amines is 2. The monoisotopic (exact) mass is 1460 g/mol. The number of amides is 3. The van der Waals surface area contributed by atoms with Gasteiger partial charge in [0, 0.05) is 26.2 Å². The second-order valence-corrected chi connectivity index (χ2v) is 26.3. The number of nitrogen functional groups attached to an aromatic ring is 2. The molecule has 4 aromatic heterocycles. The van der Waals surface area contributed by atoms with Crippen molar-refractivity contribution < 1.29 is 230 Å². The maximum atomic E-state index is 12.4. The average Bonchev–Trinajstić information content (AvgIpc) is 4.27. The number of nitrogens with two attached hydrogens (primary N) is 4. The van der Waals surface area contributed by atoms with Crippen LogP contribution in [-0.4, -0.2) is 183 Å². The smallest absolute Gasteiger partial charge is 0.756 e. The van der Waals surface area contributed by atoms with Crippen LogP contribution in [0.5, 0.6) is 0 Å². The van der Waals surface area contributed by atoms with Crippen LogP contribution in [0.4, 0.5) is 11.9 Å². The van der Waals surface area contributed by atoms with Crippen molar-refractivity contribution in [1.82, 2.24) is 55.0 Å². The number of nitrogens with zero attached hydrogens (tertiary/aromatic N) is 6. The zero-order valence-corrected chi connectivity index (χ0v) is 58.5. The third-order valence-electron chi connectivity index (χ3n) is 10.6. The van der Waals surface area contributed by atoms with E-state index in [1.54, 1.807) is 0 Å². The summed E-state index contributed by atoms with van der Waals surface area (Å²) < 4.78 is 115. The maximum absolute atomic E-state index is 12.4. The minimum absolute atomic E-state index is 0. The SMILES string of the molecule is C.CC(O)C(N)C(=O)NCCNC(=O)COC1[C@@H](O)[C@@H](COP(=O)([O-])OP(=O)([O-])OP(=O)([O-])O)O[C@H]1n1cnc2c(=S)nc(N)[nH]c21.NCCNC(=O)COC1[C@@H](O)[C@@H](COP(=O)([O-])OP(=O)([O-])OP(=O)([O-])O)O[C@H]1n1cnc2c(=S)nc(N)[nH]c21.[Na+].[Na+].[Na+]. The number of hydrogen-bond donors (Lipinski definition) is 14. The number of aromatic nitrogens is 8. The fourth-order valence-electron chi connectivity index (χ4n) is 7.10. The topological polar surface area (TPSA) is 719 Å². The number of imidazole rings is 2. The molecule has 2 fully saturated rings. The summed E-state index contributed by atoms with van der Waals surface area (Å²) in [6, 6.07) is -1.19. The molecule has 0 spiro atoms. The summed E-state index contributed by atoms with van der Waals surface area (Å²) in [6.07, 6.45) is -11.1. The van der Waals surface area contributed by atoms with Crippen LogP contribution in [0, 0.1) is 9.28 Å². The van der Waals surface area contributed by atoms with Gasteiger partial charge in [-0.05, 0) is 6.92 Å². The minimum atomic E-state index is -6.19. The molecule has 2 saturated heterocycles. The molecular formula is C33H53N15Na3O30P6S2-3. The van der Waals surface area contributed by atoms with Gasteiger partial charge in [-0.25, -0.2) is 37.2 Å². The number of aliphatic hydroxyl groups excluding tert-OH is 3. The number of nitrogens with one attached hydrogen (secondary N) is 5. The van der Waals surface area contributed by atoms with Crippen LogP contribution >= 0.6 is 71.4 Å². The molecule has 0 bridgehead atoms. The van der Waals surface area contributed by atoms with E-state index in [0.717, 1.165) is 0 Å². The van der Waals surface area contributed by atoms with Crippen molar-refractivity contribution in [3.8, 4) is 0 Å². The summed E-state index contributed by atoms with van der Waals surface area (Å²) >= 11 is 10.2. The van der Waals surface area contributed by atoms with Gasteiger partial charge in [0.05, 0.1) is 32.0 Å². The number of phosphoric acid groups is 6. The van der Waals surface area contributed by atoms with E-state index in [9.17, 15) is 86.5 Å². The number of H-pyrrole nitrogens is 2. The second kappa shape index (κ2) is 36.4. The average molecular weight is 1460 g/mol. The van der Waals surface area contributed by atoms with E-state index in [-0.39, 0.29) is 166 Å². The first-order valence-corrected chi connectivity index (χ1v) is 32.6. The molecule has 16 atom stereocenters. The predicted octanol–water partition coefficient (Wildman–Crippen LogP) is -17.0. The van der Waals surface area contributed by atoms with Gasteiger partial charge >= 0.3 is 88.7 Å². The first kappa shape index (κ1) is 86.0. The fraction of sp³-hybridized carbons (Fsp3) is 0.606. The van der Waals surface area contributed by atoms with Gasteiger partial charge in [-0.15, -0.1) is 0 Å². The Balaban J connectivity index is 0.000000862. The number of carbonyl (C=O) groups is 3. The van der Waals surface area contributed by atoms with Gasteiger partial charge < -0.3 is 131 Å². The van der Waals surface area contributed by atoms with E-state index in [4.69, 9.17) is 76.1 Å². The number of rotatable bonds is 29. The summed E-state index contributed by atoms with van der Waals surface area (Å²) in [5.41, 5.74) is 22.8. The molecule has 6 heterocycles. The molecule has 4 aromatic rings. The van der Waals surface area contributed by atoms with Gasteiger partial charge in [0.25, 0.3) is 46.9 Å². The van der Waals surface area contributed by atoms with Crippen LogP contribution in [0.3, 0.4) is 0 Å². The molecule has 0 saturated carbocycles. The number of phosphoric ester groups is 2. The first-order chi connectivity index (χ1) is 39.2. The van der Waals surface area contributed by atoms with E-state index in [2.05, 4.69) is 72.1 Å². The van der Waals surface area contributed by atoms with E-state index in [1.165, 1.54) is 28.7 Å². The molecule has 45 nitrogen and oxygen atoms in total. The van der Waals surface area contributed by atoms with Crippen LogP contribution in [0.25, 0.3) is 22.3 Å². The number of aliphatic hydroxyl groups is 3. The maximum Gasteiger partial charge on any atom is 1.00 e. The first-order valence-electron chi connectivity index (χ1n) is 23.0. The molecule has 0 aromatic carbocycles. The Bertz CT molecular complexity index is 3480. The van der Waals surface area contributed by atoms with Gasteiger partial charge in [0.2, 0.25) is 17.7 Å². The molecule has 0 radical (unpaired) electrons. The largest absolute Gasteiger partial charge is 1.00 e. The summed E-state index contributed by atoms with van der Waals surface area (Å²) in [4.78, 5) is 142. The molecule has 89 heavy (non-hydrogen) atoms. The Hall–Kier alpha value is -0.990. The third kappa shape index (κ3) is 26.5. The second-order valence-electron chi connectivity index (χ2n) is 16.9. The Morgan fingerprint density at radius 2 is 1.03 bits per heavy atom. The van der Waals surface area contributed by atoms with Crippen molar-refractivity contribution >= 4 is 123 Å². The number of fused-ring (bicyclic) bond motifs is 2. The van der Waals surface area contributed by atoms with Crippen LogP contribution in [0.15, 0.2) is 12.7 Å². The Morgan fingerprint density at radius 1 is 0.674 bits per heavy atom.